The molecule has 1 aliphatic heterocycles. The van der Waals surface area contributed by atoms with E-state index in [4.69, 9.17) is 10.8 Å². The lowest BCUT2D eigenvalue weighted by Gasteiger charge is -2.45. The van der Waals surface area contributed by atoms with Crippen LogP contribution in [-0.2, 0) is 6.18 Å². The van der Waals surface area contributed by atoms with E-state index >= 15 is 0 Å². The van der Waals surface area contributed by atoms with Crippen molar-refractivity contribution in [3.05, 3.63) is 70.8 Å². The molecule has 2 aromatic rings. The lowest BCUT2D eigenvalue weighted by Crippen LogP contribution is -2.62. The summed E-state index contributed by atoms with van der Waals surface area (Å²) < 4.78 is 66.7. The Kier molecular flexibility index (Phi) is 5.84. The summed E-state index contributed by atoms with van der Waals surface area (Å²) in [6.07, 6.45) is -4.95. The smallest absolute Gasteiger partial charge is 0.324 e. The first-order valence-electron chi connectivity index (χ1n) is 9.32. The molecule has 0 saturated carbocycles. The predicted molar refractivity (Wildman–Crippen MR) is 104 cm³/mol. The molecular weight excluding hydrogens is 419 g/mol. The molecule has 1 saturated heterocycles. The van der Waals surface area contributed by atoms with Crippen LogP contribution in [0.25, 0.3) is 0 Å². The second kappa shape index (κ2) is 8.09. The third kappa shape index (κ3) is 4.14. The van der Waals surface area contributed by atoms with Gasteiger partial charge in [-0.1, -0.05) is 6.07 Å². The van der Waals surface area contributed by atoms with Crippen LogP contribution in [0, 0.1) is 22.5 Å². The van der Waals surface area contributed by atoms with Crippen LogP contribution in [-0.4, -0.2) is 46.0 Å². The maximum Gasteiger partial charge on any atom is 0.419 e. The van der Waals surface area contributed by atoms with E-state index in [0.29, 0.717) is 11.6 Å². The molecule has 31 heavy (non-hydrogen) atoms. The molecule has 2 aromatic carbocycles. The summed E-state index contributed by atoms with van der Waals surface area (Å²) in [6, 6.07) is 6.03. The zero-order chi connectivity index (χ0) is 23.1. The maximum absolute atomic E-state index is 14.5. The van der Waals surface area contributed by atoms with E-state index in [1.54, 1.807) is 6.92 Å². The lowest BCUT2D eigenvalue weighted by molar-refractivity contribution is -0.140. The van der Waals surface area contributed by atoms with Gasteiger partial charge in [-0.15, -0.1) is 0 Å². The molecular formula is C21H19F5N4O. The molecule has 2 atom stereocenters. The number of hydrogen-bond acceptors (Lipinski definition) is 3. The number of piperazine rings is 1. The van der Waals surface area contributed by atoms with Crippen LogP contribution in [0.15, 0.2) is 42.5 Å². The Morgan fingerprint density at radius 3 is 2.26 bits per heavy atom. The molecule has 10 heteroatoms. The molecule has 0 radical (unpaired) electrons. The molecule has 3 rings (SSSR count). The van der Waals surface area contributed by atoms with Gasteiger partial charge in [0.2, 0.25) is 0 Å². The molecule has 2 unspecified atom stereocenters. The summed E-state index contributed by atoms with van der Waals surface area (Å²) in [5.74, 6) is -3.35. The Morgan fingerprint density at radius 1 is 1.06 bits per heavy atom. The van der Waals surface area contributed by atoms with Gasteiger partial charge in [0.05, 0.1) is 17.2 Å². The number of benzene rings is 2. The third-order valence-corrected chi connectivity index (χ3v) is 5.18. The van der Waals surface area contributed by atoms with Gasteiger partial charge in [-0.05, 0) is 50.2 Å². The molecule has 0 aromatic heterocycles. The summed E-state index contributed by atoms with van der Waals surface area (Å²) in [5.41, 5.74) is -1.91. The Labute approximate surface area is 175 Å². The van der Waals surface area contributed by atoms with Gasteiger partial charge in [-0.3, -0.25) is 15.6 Å². The van der Waals surface area contributed by atoms with Gasteiger partial charge in [-0.25, -0.2) is 8.78 Å². The summed E-state index contributed by atoms with van der Waals surface area (Å²) in [7, 11) is 0. The van der Waals surface area contributed by atoms with Crippen molar-refractivity contribution in [3.8, 4) is 0 Å². The molecule has 1 heterocycles. The molecule has 1 amide bonds. The molecule has 0 aliphatic carbocycles. The van der Waals surface area contributed by atoms with Gasteiger partial charge in [-0.2, -0.15) is 13.2 Å². The number of halogens is 5. The molecule has 2 N–H and O–H groups in total. The van der Waals surface area contributed by atoms with Crippen LogP contribution in [0.1, 0.15) is 35.3 Å². The van der Waals surface area contributed by atoms with Crippen LogP contribution >= 0.6 is 0 Å². The topological polar surface area (TPSA) is 71.2 Å². The van der Waals surface area contributed by atoms with E-state index in [-0.39, 0.29) is 18.2 Å². The van der Waals surface area contributed by atoms with Crippen molar-refractivity contribution in [3.63, 3.8) is 0 Å². The fourth-order valence-corrected chi connectivity index (χ4v) is 3.60. The first-order valence-corrected chi connectivity index (χ1v) is 9.32. The van der Waals surface area contributed by atoms with Crippen molar-refractivity contribution in [2.45, 2.75) is 32.1 Å². The number of nitrogens with one attached hydrogen (secondary N) is 2. The van der Waals surface area contributed by atoms with Crippen LogP contribution in [0.2, 0.25) is 0 Å². The number of rotatable bonds is 2. The fraction of sp³-hybridized carbons (Fsp3) is 0.286. The number of carbonyl (C=O) groups excluding carboxylic acids is 1. The van der Waals surface area contributed by atoms with Gasteiger partial charge < -0.3 is 9.80 Å². The highest BCUT2D eigenvalue weighted by molar-refractivity contribution is 6.10. The Bertz CT molecular complexity index is 1040. The number of amides is 1. The van der Waals surface area contributed by atoms with E-state index < -0.39 is 46.9 Å². The van der Waals surface area contributed by atoms with Gasteiger partial charge in [0.15, 0.2) is 0 Å². The number of amidine groups is 2. The molecule has 0 spiro atoms. The number of carbonyl (C=O) groups is 1. The second-order valence-electron chi connectivity index (χ2n) is 7.25. The Morgan fingerprint density at radius 2 is 1.68 bits per heavy atom. The van der Waals surface area contributed by atoms with Crippen molar-refractivity contribution in [1.82, 2.24) is 9.80 Å². The SMILES string of the molecule is CC1CN(C(=N)c2ccc(F)cc2)C(=N)C(C)N1C(=O)c1cccc(C(F)(F)F)c1F. The van der Waals surface area contributed by atoms with Crippen LogP contribution in [0.3, 0.4) is 0 Å². The van der Waals surface area contributed by atoms with Gasteiger partial charge >= 0.3 is 6.18 Å². The van der Waals surface area contributed by atoms with Crippen LogP contribution in [0.5, 0.6) is 0 Å². The molecule has 1 fully saturated rings. The highest BCUT2D eigenvalue weighted by atomic mass is 19.4. The van der Waals surface area contributed by atoms with Gasteiger partial charge in [0.1, 0.15) is 23.3 Å². The zero-order valence-electron chi connectivity index (χ0n) is 16.6. The standard InChI is InChI=1S/C21H19F5N4O/c1-11-10-29(19(28)13-6-8-14(22)9-7-13)18(27)12(2)30(11)20(31)15-4-3-5-16(17(15)23)21(24,25)26/h3-9,11-12,27-28H,10H2,1-2H3. The monoisotopic (exact) mass is 438 g/mol. The highest BCUT2D eigenvalue weighted by Gasteiger charge is 2.41. The van der Waals surface area contributed by atoms with Gasteiger partial charge in [0, 0.05) is 18.2 Å². The summed E-state index contributed by atoms with van der Waals surface area (Å²) in [4.78, 5) is 15.4. The van der Waals surface area contributed by atoms with Crippen LogP contribution in [0.4, 0.5) is 22.0 Å². The van der Waals surface area contributed by atoms with Gasteiger partial charge in [0.25, 0.3) is 5.91 Å². The quantitative estimate of drug-likeness (QED) is 0.411. The van der Waals surface area contributed by atoms with Crippen molar-refractivity contribution in [2.75, 3.05) is 6.54 Å². The van der Waals surface area contributed by atoms with Crippen molar-refractivity contribution >= 4 is 17.6 Å². The number of nitrogens with zero attached hydrogens (tertiary/aromatic N) is 2. The van der Waals surface area contributed by atoms with Crippen molar-refractivity contribution in [1.29, 1.82) is 10.8 Å². The number of alkyl halides is 3. The van der Waals surface area contributed by atoms with E-state index in [9.17, 15) is 26.7 Å². The lowest BCUT2D eigenvalue weighted by atomic mass is 10.0. The predicted octanol–water partition coefficient (Wildman–Crippen LogP) is 4.52. The van der Waals surface area contributed by atoms with E-state index in [2.05, 4.69) is 0 Å². The minimum Gasteiger partial charge on any atom is -0.324 e. The van der Waals surface area contributed by atoms with Crippen molar-refractivity contribution in [2.24, 2.45) is 0 Å². The molecule has 1 aliphatic rings. The summed E-state index contributed by atoms with van der Waals surface area (Å²) in [5, 5.41) is 16.7. The average molecular weight is 438 g/mol. The summed E-state index contributed by atoms with van der Waals surface area (Å²) in [6.45, 7) is 3.06. The fourth-order valence-electron chi connectivity index (χ4n) is 3.60. The maximum atomic E-state index is 14.5. The first-order chi connectivity index (χ1) is 14.4. The number of hydrogen-bond donors (Lipinski definition) is 2. The average Bonchev–Trinajstić information content (AvgIpc) is 2.70. The van der Waals surface area contributed by atoms with Crippen molar-refractivity contribution < 1.29 is 26.7 Å². The third-order valence-electron chi connectivity index (χ3n) is 5.18. The largest absolute Gasteiger partial charge is 0.419 e. The molecule has 5 nitrogen and oxygen atoms in total. The highest BCUT2D eigenvalue weighted by Crippen LogP contribution is 2.33. The van der Waals surface area contributed by atoms with E-state index in [1.807, 2.05) is 0 Å². The van der Waals surface area contributed by atoms with Crippen LogP contribution < -0.4 is 0 Å². The van der Waals surface area contributed by atoms with E-state index in [0.717, 1.165) is 17.0 Å². The molecule has 0 bridgehead atoms. The van der Waals surface area contributed by atoms with E-state index in [1.165, 1.54) is 36.1 Å². The molecule has 164 valence electrons. The normalized spacial score (nSPS) is 19.5. The Hall–Kier alpha value is -3.30. The minimum atomic E-state index is -4.95. The first kappa shape index (κ1) is 22.4. The minimum absolute atomic E-state index is 0.00823. The second-order valence-corrected chi connectivity index (χ2v) is 7.25. The Balaban J connectivity index is 1.89. The zero-order valence-corrected chi connectivity index (χ0v) is 16.6. The summed E-state index contributed by atoms with van der Waals surface area (Å²) >= 11 is 0.